The fraction of sp³-hybridized carbons (Fsp3) is 0.625. The first-order chi connectivity index (χ1) is 11.7. The van der Waals surface area contributed by atoms with Crippen LogP contribution in [0.2, 0.25) is 0 Å². The van der Waals surface area contributed by atoms with Gasteiger partial charge in [-0.3, -0.25) is 0 Å². The fourth-order valence-corrected chi connectivity index (χ4v) is 1.47. The molecule has 0 spiro atoms. The van der Waals surface area contributed by atoms with Crippen molar-refractivity contribution in [1.82, 2.24) is 10.2 Å². The third-order valence-corrected chi connectivity index (χ3v) is 2.60. The van der Waals surface area contributed by atoms with E-state index in [-0.39, 0.29) is 52.7 Å². The van der Waals surface area contributed by atoms with Crippen LogP contribution in [0.15, 0.2) is 0 Å². The summed E-state index contributed by atoms with van der Waals surface area (Å²) in [6, 6.07) is 0. The summed E-state index contributed by atoms with van der Waals surface area (Å²) in [5, 5.41) is 11.2. The minimum absolute atomic E-state index is 0.0995. The van der Waals surface area contributed by atoms with Gasteiger partial charge in [-0.2, -0.15) is 0 Å². The van der Waals surface area contributed by atoms with Crippen molar-refractivity contribution in [2.75, 3.05) is 52.7 Å². The Hall–Kier alpha value is -2.42. The molecule has 0 aromatic carbocycles. The highest BCUT2D eigenvalue weighted by atomic mass is 16.6. The van der Waals surface area contributed by atoms with Gasteiger partial charge in [-0.05, 0) is 0 Å². The number of aliphatic hydroxyl groups is 1. The average Bonchev–Trinajstić information content (AvgIpc) is 2.57. The summed E-state index contributed by atoms with van der Waals surface area (Å²) in [5.41, 5.74) is 0. The molecule has 0 radical (unpaired) electrons. The summed E-state index contributed by atoms with van der Waals surface area (Å²) in [6.45, 7) is 1.21. The van der Waals surface area contributed by atoms with Crippen LogP contribution in [0.1, 0.15) is 12.8 Å². The number of carbonyl (C=O) groups excluding carboxylic acids is 2. The largest absolute Gasteiger partial charge is 0.449 e. The molecule has 24 heavy (non-hydrogen) atoms. The zero-order chi connectivity index (χ0) is 18.0. The van der Waals surface area contributed by atoms with Crippen LogP contribution in [0.25, 0.3) is 0 Å². The Balaban J connectivity index is 4.17. The van der Waals surface area contributed by atoms with Gasteiger partial charge in [-0.1, -0.05) is 0 Å². The zero-order valence-electron chi connectivity index (χ0n) is 13.7. The number of ether oxygens (including phenoxy) is 3. The summed E-state index contributed by atoms with van der Waals surface area (Å²) in [4.78, 5) is 24.7. The van der Waals surface area contributed by atoms with Crippen LogP contribution in [-0.2, 0) is 14.2 Å². The molecule has 0 rings (SSSR count). The number of terminal acetylenes is 2. The average molecular weight is 340 g/mol. The lowest BCUT2D eigenvalue weighted by Crippen LogP contribution is -2.41. The van der Waals surface area contributed by atoms with E-state index < -0.39 is 12.2 Å². The maximum absolute atomic E-state index is 11.9. The maximum Gasteiger partial charge on any atom is 0.409 e. The summed E-state index contributed by atoms with van der Waals surface area (Å²) < 4.78 is 14.9. The molecule has 0 aromatic heterocycles. The van der Waals surface area contributed by atoms with Gasteiger partial charge in [-0.15, -0.1) is 24.7 Å². The summed E-state index contributed by atoms with van der Waals surface area (Å²) in [5.74, 6) is 4.72. The number of alkyl carbamates (subject to hydrolysis) is 1. The quantitative estimate of drug-likeness (QED) is 0.389. The molecule has 0 aromatic rings. The molecule has 2 N–H and O–H groups in total. The number of hydrogen-bond acceptors (Lipinski definition) is 6. The number of nitrogens with one attached hydrogen (secondary N) is 1. The minimum atomic E-state index is -0.609. The van der Waals surface area contributed by atoms with Crippen molar-refractivity contribution in [1.29, 1.82) is 0 Å². The number of aliphatic hydroxyl groups excluding tert-OH is 1. The van der Waals surface area contributed by atoms with E-state index in [0.29, 0.717) is 12.8 Å². The van der Waals surface area contributed by atoms with Crippen LogP contribution in [0.4, 0.5) is 9.59 Å². The standard InChI is InChI=1S/C16H24N2O6/c1-3-5-11-23-15(20)17-7-8-18(9-13-22-14-10-19)16(21)24-12-6-4-2/h1-2,19H,5-14H2,(H,17,20). The minimum Gasteiger partial charge on any atom is -0.449 e. The summed E-state index contributed by atoms with van der Waals surface area (Å²) in [7, 11) is 0. The Morgan fingerprint density at radius 2 is 1.67 bits per heavy atom. The molecule has 0 saturated heterocycles. The number of nitrogens with zero attached hydrogens (tertiary/aromatic N) is 1. The van der Waals surface area contributed by atoms with Crippen LogP contribution < -0.4 is 5.32 Å². The van der Waals surface area contributed by atoms with Gasteiger partial charge in [0.1, 0.15) is 13.2 Å². The lowest BCUT2D eigenvalue weighted by atomic mass is 10.5. The number of carbonyl (C=O) groups is 2. The molecule has 0 fully saturated rings. The second-order valence-corrected chi connectivity index (χ2v) is 4.41. The highest BCUT2D eigenvalue weighted by Crippen LogP contribution is 1.96. The third kappa shape index (κ3) is 12.2. The lowest BCUT2D eigenvalue weighted by Gasteiger charge is -2.22. The van der Waals surface area contributed by atoms with E-state index in [2.05, 4.69) is 17.2 Å². The number of hydrogen-bond donors (Lipinski definition) is 2. The maximum atomic E-state index is 11.9. The number of rotatable bonds is 12. The van der Waals surface area contributed by atoms with Gasteiger partial charge in [-0.25, -0.2) is 9.59 Å². The van der Waals surface area contributed by atoms with Gasteiger partial charge in [0.2, 0.25) is 0 Å². The van der Waals surface area contributed by atoms with E-state index in [4.69, 9.17) is 32.2 Å². The molecular weight excluding hydrogens is 316 g/mol. The highest BCUT2D eigenvalue weighted by Gasteiger charge is 2.15. The predicted molar refractivity (Wildman–Crippen MR) is 87.1 cm³/mol. The first kappa shape index (κ1) is 21.6. The van der Waals surface area contributed by atoms with E-state index in [1.165, 1.54) is 4.90 Å². The monoisotopic (exact) mass is 340 g/mol. The van der Waals surface area contributed by atoms with E-state index >= 15 is 0 Å². The highest BCUT2D eigenvalue weighted by molar-refractivity contribution is 5.68. The molecule has 2 amide bonds. The molecule has 0 aliphatic carbocycles. The SMILES string of the molecule is C#CCCOC(=O)NCCN(CCOCCO)C(=O)OCCC#C. The Labute approximate surface area is 142 Å². The Bertz CT molecular complexity index is 441. The van der Waals surface area contributed by atoms with E-state index in [0.717, 1.165) is 0 Å². The fourth-order valence-electron chi connectivity index (χ4n) is 1.47. The molecule has 8 heteroatoms. The first-order valence-electron chi connectivity index (χ1n) is 7.53. The van der Waals surface area contributed by atoms with Crippen molar-refractivity contribution in [3.8, 4) is 24.7 Å². The van der Waals surface area contributed by atoms with Crippen molar-refractivity contribution in [3.63, 3.8) is 0 Å². The van der Waals surface area contributed by atoms with Crippen molar-refractivity contribution in [2.24, 2.45) is 0 Å². The lowest BCUT2D eigenvalue weighted by molar-refractivity contribution is 0.0615. The van der Waals surface area contributed by atoms with Crippen LogP contribution in [0, 0.1) is 24.7 Å². The van der Waals surface area contributed by atoms with E-state index in [1.807, 2.05) is 0 Å². The smallest absolute Gasteiger partial charge is 0.409 e. The molecule has 0 bridgehead atoms. The molecular formula is C16H24N2O6. The van der Waals surface area contributed by atoms with Crippen molar-refractivity contribution in [3.05, 3.63) is 0 Å². The van der Waals surface area contributed by atoms with Crippen LogP contribution in [-0.4, -0.2) is 74.9 Å². The Kier molecular flexibility index (Phi) is 13.9. The first-order valence-corrected chi connectivity index (χ1v) is 7.53. The predicted octanol–water partition coefficient (Wildman–Crippen LogP) is 0.207. The topological polar surface area (TPSA) is 97.3 Å². The van der Waals surface area contributed by atoms with Crippen LogP contribution in [0.3, 0.4) is 0 Å². The Morgan fingerprint density at radius 1 is 1.00 bits per heavy atom. The van der Waals surface area contributed by atoms with Gasteiger partial charge < -0.3 is 29.5 Å². The van der Waals surface area contributed by atoms with Gasteiger partial charge >= 0.3 is 12.2 Å². The summed E-state index contributed by atoms with van der Waals surface area (Å²) in [6.07, 6.45) is 9.63. The van der Waals surface area contributed by atoms with Crippen molar-refractivity contribution in [2.45, 2.75) is 12.8 Å². The molecule has 8 nitrogen and oxygen atoms in total. The second kappa shape index (κ2) is 15.5. The van der Waals surface area contributed by atoms with Gasteiger partial charge in [0.15, 0.2) is 0 Å². The van der Waals surface area contributed by atoms with Crippen molar-refractivity contribution >= 4 is 12.2 Å². The third-order valence-electron chi connectivity index (χ3n) is 2.60. The normalized spacial score (nSPS) is 9.46. The zero-order valence-corrected chi connectivity index (χ0v) is 13.7. The van der Waals surface area contributed by atoms with Crippen LogP contribution in [0.5, 0.6) is 0 Å². The second-order valence-electron chi connectivity index (χ2n) is 4.41. The molecule has 0 atom stereocenters. The van der Waals surface area contributed by atoms with Gasteiger partial charge in [0.05, 0.1) is 19.8 Å². The summed E-state index contributed by atoms with van der Waals surface area (Å²) >= 11 is 0. The van der Waals surface area contributed by atoms with Gasteiger partial charge in [0.25, 0.3) is 0 Å². The molecule has 0 saturated carbocycles. The molecule has 134 valence electrons. The molecule has 0 heterocycles. The Morgan fingerprint density at radius 3 is 2.29 bits per heavy atom. The van der Waals surface area contributed by atoms with Crippen LogP contribution >= 0.6 is 0 Å². The van der Waals surface area contributed by atoms with Gasteiger partial charge in [0, 0.05) is 32.5 Å². The molecule has 0 aliphatic rings. The number of amides is 2. The van der Waals surface area contributed by atoms with Crippen molar-refractivity contribution < 1.29 is 28.9 Å². The molecule has 0 aliphatic heterocycles. The van der Waals surface area contributed by atoms with E-state index in [1.54, 1.807) is 0 Å². The van der Waals surface area contributed by atoms with E-state index in [9.17, 15) is 9.59 Å². The molecule has 0 unspecified atom stereocenters.